The number of Topliss-reactive ketones (excluding diaryl/α,β-unsaturated/α-hetero) is 1. The van der Waals surface area contributed by atoms with Crippen molar-refractivity contribution in [2.75, 3.05) is 0 Å². The van der Waals surface area contributed by atoms with E-state index in [1.165, 1.54) is 18.5 Å². The average molecular weight is 289 g/mol. The summed E-state index contributed by atoms with van der Waals surface area (Å²) in [6, 6.07) is 2.63. The Morgan fingerprint density at radius 2 is 2.14 bits per heavy atom. The van der Waals surface area contributed by atoms with Gasteiger partial charge >= 0.3 is 0 Å². The minimum Gasteiger partial charge on any atom is -0.313 e. The van der Waals surface area contributed by atoms with Crippen LogP contribution in [0, 0.1) is 16.0 Å². The van der Waals surface area contributed by atoms with Gasteiger partial charge in [0.15, 0.2) is 0 Å². The lowest BCUT2D eigenvalue weighted by Crippen LogP contribution is -2.11. The molecule has 0 spiro atoms. The highest BCUT2D eigenvalue weighted by Crippen LogP contribution is 2.24. The lowest BCUT2D eigenvalue weighted by Gasteiger charge is -2.06. The van der Waals surface area contributed by atoms with Crippen molar-refractivity contribution in [3.63, 3.8) is 0 Å². The number of nitro benzene ring substituents is 1. The van der Waals surface area contributed by atoms with Crippen molar-refractivity contribution in [3.05, 3.63) is 44.5 Å². The molecule has 0 atom stereocenters. The molecular weight excluding hydrogens is 274 g/mol. The summed E-state index contributed by atoms with van der Waals surface area (Å²) in [6.07, 6.45) is 1.56. The Hall–Kier alpha value is -2.57. The van der Waals surface area contributed by atoms with E-state index in [-0.39, 0.29) is 34.8 Å². The van der Waals surface area contributed by atoms with Gasteiger partial charge in [-0.1, -0.05) is 13.8 Å². The van der Waals surface area contributed by atoms with Crippen LogP contribution in [-0.4, -0.2) is 20.7 Å². The number of aromatic amines is 1. The zero-order valence-electron chi connectivity index (χ0n) is 11.8. The van der Waals surface area contributed by atoms with E-state index in [0.717, 1.165) is 0 Å². The minimum absolute atomic E-state index is 0.0289. The van der Waals surface area contributed by atoms with Crippen LogP contribution in [0.2, 0.25) is 0 Å². The van der Waals surface area contributed by atoms with E-state index in [4.69, 9.17) is 0 Å². The quantitative estimate of drug-likeness (QED) is 0.669. The maximum absolute atomic E-state index is 11.9. The van der Waals surface area contributed by atoms with Crippen LogP contribution in [0.25, 0.3) is 10.9 Å². The molecule has 0 aliphatic carbocycles. The molecule has 2 rings (SSSR count). The van der Waals surface area contributed by atoms with Crippen LogP contribution in [0.15, 0.2) is 23.3 Å². The Bertz CT molecular complexity index is 764. The van der Waals surface area contributed by atoms with Gasteiger partial charge in [-0.2, -0.15) is 0 Å². The summed E-state index contributed by atoms with van der Waals surface area (Å²) < 4.78 is 0. The topological polar surface area (TPSA) is 106 Å². The van der Waals surface area contributed by atoms with Crippen LogP contribution in [-0.2, 0) is 11.2 Å². The number of aromatic nitrogens is 2. The second-order valence-electron chi connectivity index (χ2n) is 5.30. The molecule has 0 saturated heterocycles. The van der Waals surface area contributed by atoms with Crippen molar-refractivity contribution in [1.29, 1.82) is 0 Å². The molecule has 1 N–H and O–H groups in total. The zero-order valence-corrected chi connectivity index (χ0v) is 11.8. The number of nitrogens with zero attached hydrogens (tertiary/aromatic N) is 2. The second kappa shape index (κ2) is 5.82. The summed E-state index contributed by atoms with van der Waals surface area (Å²) in [4.78, 5) is 40.5. The highest BCUT2D eigenvalue weighted by Gasteiger charge is 2.19. The number of benzene rings is 1. The first-order valence-corrected chi connectivity index (χ1v) is 6.55. The molecular formula is C14H15N3O4. The monoisotopic (exact) mass is 289 g/mol. The molecule has 0 saturated carbocycles. The lowest BCUT2D eigenvalue weighted by molar-refractivity contribution is -0.385. The molecule has 1 heterocycles. The maximum Gasteiger partial charge on any atom is 0.273 e. The molecule has 21 heavy (non-hydrogen) atoms. The first-order chi connectivity index (χ1) is 9.88. The summed E-state index contributed by atoms with van der Waals surface area (Å²) in [5.74, 6) is 0.121. The van der Waals surface area contributed by atoms with Gasteiger partial charge in [-0.25, -0.2) is 4.98 Å². The van der Waals surface area contributed by atoms with Gasteiger partial charge < -0.3 is 4.98 Å². The minimum atomic E-state index is -0.579. The largest absolute Gasteiger partial charge is 0.313 e. The smallest absolute Gasteiger partial charge is 0.273 e. The predicted octanol–water partition coefficient (Wildman–Crippen LogP) is 1.99. The molecule has 7 nitrogen and oxygen atoms in total. The fourth-order valence-electron chi connectivity index (χ4n) is 2.20. The van der Waals surface area contributed by atoms with Gasteiger partial charge in [0, 0.05) is 24.5 Å². The Morgan fingerprint density at radius 1 is 1.43 bits per heavy atom. The number of H-pyrrole nitrogens is 1. The van der Waals surface area contributed by atoms with Gasteiger partial charge in [0.2, 0.25) is 0 Å². The van der Waals surface area contributed by atoms with Gasteiger partial charge in [0.25, 0.3) is 11.2 Å². The third-order valence-corrected chi connectivity index (χ3v) is 3.06. The molecule has 0 aliphatic rings. The maximum atomic E-state index is 11.9. The highest BCUT2D eigenvalue weighted by atomic mass is 16.6. The van der Waals surface area contributed by atoms with Crippen molar-refractivity contribution < 1.29 is 9.72 Å². The number of ketones is 1. The SMILES string of the molecule is CC(C)CC(=O)Cc1cc2nc[nH]c(=O)c2cc1[N+](=O)[O-]. The fourth-order valence-corrected chi connectivity index (χ4v) is 2.20. The van der Waals surface area contributed by atoms with E-state index >= 15 is 0 Å². The van der Waals surface area contributed by atoms with Gasteiger partial charge in [-0.3, -0.25) is 19.7 Å². The number of rotatable bonds is 5. The average Bonchev–Trinajstić information content (AvgIpc) is 2.37. The van der Waals surface area contributed by atoms with Gasteiger partial charge in [-0.05, 0) is 12.0 Å². The lowest BCUT2D eigenvalue weighted by atomic mass is 9.99. The molecule has 110 valence electrons. The number of carbonyl (C=O) groups excluding carboxylic acids is 1. The molecule has 0 unspecified atom stereocenters. The molecule has 0 amide bonds. The molecule has 7 heteroatoms. The van der Waals surface area contributed by atoms with Crippen molar-refractivity contribution in [2.45, 2.75) is 26.7 Å². The number of nitro groups is 1. The Kier molecular flexibility index (Phi) is 4.11. The van der Waals surface area contributed by atoms with Crippen LogP contribution in [0.3, 0.4) is 0 Å². The second-order valence-corrected chi connectivity index (χ2v) is 5.30. The number of carbonyl (C=O) groups is 1. The number of fused-ring (bicyclic) bond motifs is 1. The fraction of sp³-hybridized carbons (Fsp3) is 0.357. The van der Waals surface area contributed by atoms with Gasteiger partial charge in [0.1, 0.15) is 5.78 Å². The van der Waals surface area contributed by atoms with Crippen LogP contribution in [0.1, 0.15) is 25.8 Å². The van der Waals surface area contributed by atoms with Crippen LogP contribution in [0.5, 0.6) is 0 Å². The molecule has 0 bridgehead atoms. The first kappa shape index (κ1) is 14.8. The van der Waals surface area contributed by atoms with E-state index in [9.17, 15) is 19.7 Å². The number of hydrogen-bond acceptors (Lipinski definition) is 5. The zero-order chi connectivity index (χ0) is 15.6. The Labute approximate surface area is 120 Å². The van der Waals surface area contributed by atoms with E-state index in [1.54, 1.807) is 0 Å². The standard InChI is InChI=1S/C14H15N3O4/c1-8(2)3-10(18)4-9-5-12-11(6-13(9)17(20)21)14(19)16-7-15-12/h5-8H,3-4H2,1-2H3,(H,15,16,19). The van der Waals surface area contributed by atoms with Gasteiger partial charge in [-0.15, -0.1) is 0 Å². The molecule has 2 aromatic rings. The molecule has 1 aromatic heterocycles. The first-order valence-electron chi connectivity index (χ1n) is 6.55. The normalized spacial score (nSPS) is 11.0. The third kappa shape index (κ3) is 3.31. The van der Waals surface area contributed by atoms with Crippen molar-refractivity contribution in [1.82, 2.24) is 9.97 Å². The van der Waals surface area contributed by atoms with Crippen molar-refractivity contribution in [3.8, 4) is 0 Å². The van der Waals surface area contributed by atoms with Crippen molar-refractivity contribution in [2.24, 2.45) is 5.92 Å². The Balaban J connectivity index is 2.51. The number of hydrogen-bond donors (Lipinski definition) is 1. The van der Waals surface area contributed by atoms with E-state index in [0.29, 0.717) is 11.9 Å². The summed E-state index contributed by atoms with van der Waals surface area (Å²) >= 11 is 0. The molecule has 0 aliphatic heterocycles. The molecule has 0 radical (unpaired) electrons. The van der Waals surface area contributed by atoms with E-state index in [2.05, 4.69) is 9.97 Å². The van der Waals surface area contributed by atoms with Crippen LogP contribution < -0.4 is 5.56 Å². The number of nitrogens with one attached hydrogen (secondary N) is 1. The summed E-state index contributed by atoms with van der Waals surface area (Å²) in [6.45, 7) is 3.82. The van der Waals surface area contributed by atoms with Crippen molar-refractivity contribution >= 4 is 22.4 Å². The predicted molar refractivity (Wildman–Crippen MR) is 77.2 cm³/mol. The van der Waals surface area contributed by atoms with E-state index in [1.807, 2.05) is 13.8 Å². The molecule has 0 fully saturated rings. The van der Waals surface area contributed by atoms with E-state index < -0.39 is 10.5 Å². The summed E-state index contributed by atoms with van der Waals surface area (Å²) in [5.41, 5.74) is -0.0331. The van der Waals surface area contributed by atoms with Crippen LogP contribution in [0.4, 0.5) is 5.69 Å². The highest BCUT2D eigenvalue weighted by molar-refractivity contribution is 5.86. The summed E-state index contributed by atoms with van der Waals surface area (Å²) in [5, 5.41) is 11.3. The van der Waals surface area contributed by atoms with Crippen LogP contribution >= 0.6 is 0 Å². The molecule has 1 aromatic carbocycles. The Morgan fingerprint density at radius 3 is 2.76 bits per heavy atom. The third-order valence-electron chi connectivity index (χ3n) is 3.06. The summed E-state index contributed by atoms with van der Waals surface area (Å²) in [7, 11) is 0. The van der Waals surface area contributed by atoms with Gasteiger partial charge in [0.05, 0.1) is 22.2 Å².